The van der Waals surface area contributed by atoms with Gasteiger partial charge in [0.2, 0.25) is 0 Å². The van der Waals surface area contributed by atoms with Crippen LogP contribution in [0.15, 0.2) is 12.1 Å². The summed E-state index contributed by atoms with van der Waals surface area (Å²) in [7, 11) is 1.86. The number of rotatable bonds is 1. The molecule has 6 nitrogen and oxygen atoms in total. The standard InChI is InChI=1S/C12H14FNO.C8H14N4/c1-8-5-9(13)6-10-11(8)14-4-3-12(10,2)7-15;1-12-8(10)7-5(9)3-2-4-6(7)11-12/h5-7,14H,3-4H2,1-2H3;5H,2-4,9-10H2,1H3. The molecule has 146 valence electrons. The van der Waals surface area contributed by atoms with Crippen LogP contribution in [0.5, 0.6) is 0 Å². The van der Waals surface area contributed by atoms with Crippen molar-refractivity contribution in [3.8, 4) is 0 Å². The lowest BCUT2D eigenvalue weighted by molar-refractivity contribution is -0.112. The Labute approximate surface area is 159 Å². The minimum absolute atomic E-state index is 0.0995. The molecule has 0 spiro atoms. The monoisotopic (exact) mass is 373 g/mol. The van der Waals surface area contributed by atoms with Gasteiger partial charge in [-0.25, -0.2) is 4.39 Å². The van der Waals surface area contributed by atoms with Gasteiger partial charge >= 0.3 is 0 Å². The maximum absolute atomic E-state index is 13.3. The van der Waals surface area contributed by atoms with Crippen LogP contribution < -0.4 is 16.8 Å². The highest BCUT2D eigenvalue weighted by atomic mass is 19.1. The van der Waals surface area contributed by atoms with Gasteiger partial charge in [-0.3, -0.25) is 4.68 Å². The number of aromatic nitrogens is 2. The van der Waals surface area contributed by atoms with Crippen LogP contribution >= 0.6 is 0 Å². The highest BCUT2D eigenvalue weighted by Crippen LogP contribution is 2.37. The molecule has 2 aromatic rings. The summed E-state index contributed by atoms with van der Waals surface area (Å²) < 4.78 is 15.0. The van der Waals surface area contributed by atoms with Crippen LogP contribution in [0, 0.1) is 12.7 Å². The fourth-order valence-electron chi connectivity index (χ4n) is 3.97. The van der Waals surface area contributed by atoms with E-state index in [0.29, 0.717) is 6.42 Å². The van der Waals surface area contributed by atoms with Crippen molar-refractivity contribution < 1.29 is 9.18 Å². The molecule has 0 saturated heterocycles. The first-order chi connectivity index (χ1) is 12.8. The van der Waals surface area contributed by atoms with Crippen LogP contribution in [-0.2, 0) is 23.7 Å². The average Bonchev–Trinajstić information content (AvgIpc) is 2.92. The van der Waals surface area contributed by atoms with Gasteiger partial charge in [0, 0.05) is 30.9 Å². The molecule has 0 fully saturated rings. The Morgan fingerprint density at radius 2 is 2.19 bits per heavy atom. The molecule has 1 aliphatic heterocycles. The highest BCUT2D eigenvalue weighted by molar-refractivity contribution is 5.76. The second-order valence-electron chi connectivity index (χ2n) is 7.73. The molecule has 0 amide bonds. The number of anilines is 2. The number of nitrogens with zero attached hydrogens (tertiary/aromatic N) is 2. The molecule has 0 radical (unpaired) electrons. The molecule has 27 heavy (non-hydrogen) atoms. The molecule has 1 aromatic heterocycles. The number of nitrogen functional groups attached to an aromatic ring is 1. The number of carbonyl (C=O) groups excluding carboxylic acids is 1. The van der Waals surface area contributed by atoms with Crippen LogP contribution in [-0.4, -0.2) is 22.6 Å². The van der Waals surface area contributed by atoms with Gasteiger partial charge in [-0.1, -0.05) is 0 Å². The van der Waals surface area contributed by atoms with Crippen LogP contribution in [0.2, 0.25) is 0 Å². The topological polar surface area (TPSA) is 99.0 Å². The third kappa shape index (κ3) is 3.56. The van der Waals surface area contributed by atoms with Gasteiger partial charge in [0.25, 0.3) is 0 Å². The van der Waals surface area contributed by atoms with Gasteiger partial charge < -0.3 is 21.6 Å². The SMILES string of the molecule is Cc1cc(F)cc2c1NCCC2(C)C=O.Cn1nc2c(c1N)C(N)CCC2. The molecule has 1 aromatic carbocycles. The number of aldehydes is 1. The maximum Gasteiger partial charge on any atom is 0.130 e. The summed E-state index contributed by atoms with van der Waals surface area (Å²) in [6, 6.07) is 3.05. The van der Waals surface area contributed by atoms with E-state index in [-0.39, 0.29) is 11.9 Å². The van der Waals surface area contributed by atoms with E-state index < -0.39 is 5.41 Å². The lowest BCUT2D eigenvalue weighted by Gasteiger charge is -2.32. The number of halogens is 1. The van der Waals surface area contributed by atoms with Crippen LogP contribution in [0.25, 0.3) is 0 Å². The molecule has 4 rings (SSSR count). The Hall–Kier alpha value is -2.41. The first-order valence-corrected chi connectivity index (χ1v) is 9.34. The predicted octanol–water partition coefficient (Wildman–Crippen LogP) is 2.74. The van der Waals surface area contributed by atoms with Crippen LogP contribution in [0.3, 0.4) is 0 Å². The first-order valence-electron chi connectivity index (χ1n) is 9.34. The van der Waals surface area contributed by atoms with Gasteiger partial charge in [0.15, 0.2) is 0 Å². The van der Waals surface area contributed by atoms with E-state index >= 15 is 0 Å². The zero-order chi connectivity index (χ0) is 19.8. The number of nitrogens with two attached hydrogens (primary N) is 2. The summed E-state index contributed by atoms with van der Waals surface area (Å²) >= 11 is 0. The zero-order valence-corrected chi connectivity index (χ0v) is 16.2. The van der Waals surface area contributed by atoms with E-state index in [1.165, 1.54) is 12.1 Å². The van der Waals surface area contributed by atoms with Gasteiger partial charge in [0.1, 0.15) is 17.9 Å². The number of nitrogens with one attached hydrogen (secondary N) is 1. The zero-order valence-electron chi connectivity index (χ0n) is 16.2. The van der Waals surface area contributed by atoms with Gasteiger partial charge in [-0.2, -0.15) is 5.10 Å². The minimum atomic E-state index is -0.548. The quantitative estimate of drug-likeness (QED) is 0.668. The molecule has 1 aliphatic carbocycles. The average molecular weight is 373 g/mol. The molecule has 2 unspecified atom stereocenters. The van der Waals surface area contributed by atoms with Gasteiger partial charge in [0.05, 0.1) is 11.1 Å². The molecular weight excluding hydrogens is 345 g/mol. The Balaban J connectivity index is 0.000000159. The summed E-state index contributed by atoms with van der Waals surface area (Å²) in [5.41, 5.74) is 15.9. The van der Waals surface area contributed by atoms with E-state index in [9.17, 15) is 9.18 Å². The van der Waals surface area contributed by atoms with E-state index in [2.05, 4.69) is 10.4 Å². The van der Waals surface area contributed by atoms with Crippen molar-refractivity contribution in [1.82, 2.24) is 9.78 Å². The Kier molecular flexibility index (Phi) is 5.24. The number of hydrogen-bond acceptors (Lipinski definition) is 5. The fraction of sp³-hybridized carbons (Fsp3) is 0.500. The smallest absolute Gasteiger partial charge is 0.130 e. The minimum Gasteiger partial charge on any atom is -0.385 e. The van der Waals surface area contributed by atoms with Gasteiger partial charge in [-0.05, 0) is 62.8 Å². The fourth-order valence-corrected chi connectivity index (χ4v) is 3.97. The van der Waals surface area contributed by atoms with Gasteiger partial charge in [-0.15, -0.1) is 0 Å². The molecular formula is C20H28FN5O. The maximum atomic E-state index is 13.3. The van der Waals surface area contributed by atoms with E-state index in [1.807, 2.05) is 20.9 Å². The van der Waals surface area contributed by atoms with Crippen molar-refractivity contribution in [1.29, 1.82) is 0 Å². The number of aryl methyl sites for hydroxylation is 3. The van der Waals surface area contributed by atoms with Crippen molar-refractivity contribution in [2.24, 2.45) is 12.8 Å². The predicted molar refractivity (Wildman–Crippen MR) is 105 cm³/mol. The van der Waals surface area contributed by atoms with Crippen molar-refractivity contribution in [3.05, 3.63) is 40.3 Å². The summed E-state index contributed by atoms with van der Waals surface area (Å²) in [6.07, 6.45) is 4.82. The number of carbonyl (C=O) groups is 1. The highest BCUT2D eigenvalue weighted by Gasteiger charge is 2.33. The largest absolute Gasteiger partial charge is 0.385 e. The second kappa shape index (κ2) is 7.31. The molecule has 2 aliphatic rings. The molecule has 0 saturated carbocycles. The summed E-state index contributed by atoms with van der Waals surface area (Å²) in [6.45, 7) is 4.47. The first kappa shape index (κ1) is 19.4. The number of fused-ring (bicyclic) bond motifs is 2. The lowest BCUT2D eigenvalue weighted by Crippen LogP contribution is -2.33. The third-order valence-corrected chi connectivity index (χ3v) is 5.63. The molecule has 2 atom stereocenters. The Bertz CT molecular complexity index is 863. The summed E-state index contributed by atoms with van der Waals surface area (Å²) in [4.78, 5) is 11.1. The van der Waals surface area contributed by atoms with Crippen molar-refractivity contribution >= 4 is 17.8 Å². The Morgan fingerprint density at radius 3 is 2.85 bits per heavy atom. The second-order valence-corrected chi connectivity index (χ2v) is 7.73. The molecule has 0 bridgehead atoms. The summed E-state index contributed by atoms with van der Waals surface area (Å²) in [5, 5.41) is 7.53. The Morgan fingerprint density at radius 1 is 1.44 bits per heavy atom. The summed E-state index contributed by atoms with van der Waals surface area (Å²) in [5.74, 6) is 0.459. The number of hydrogen-bond donors (Lipinski definition) is 3. The van der Waals surface area contributed by atoms with Crippen molar-refractivity contribution in [2.45, 2.75) is 51.0 Å². The number of benzene rings is 1. The van der Waals surface area contributed by atoms with Crippen LogP contribution in [0.1, 0.15) is 54.6 Å². The van der Waals surface area contributed by atoms with Crippen molar-refractivity contribution in [3.63, 3.8) is 0 Å². The molecule has 2 heterocycles. The normalized spacial score (nSPS) is 23.4. The van der Waals surface area contributed by atoms with E-state index in [1.54, 1.807) is 4.68 Å². The lowest BCUT2D eigenvalue weighted by atomic mass is 9.77. The van der Waals surface area contributed by atoms with Crippen molar-refractivity contribution in [2.75, 3.05) is 17.6 Å². The van der Waals surface area contributed by atoms with Crippen LogP contribution in [0.4, 0.5) is 15.9 Å². The molecule has 5 N–H and O–H groups in total. The van der Waals surface area contributed by atoms with E-state index in [0.717, 1.165) is 66.0 Å². The van der Waals surface area contributed by atoms with E-state index in [4.69, 9.17) is 11.5 Å². The molecule has 7 heteroatoms. The third-order valence-electron chi connectivity index (χ3n) is 5.63.